The van der Waals surface area contributed by atoms with Crippen molar-refractivity contribution in [1.82, 2.24) is 5.32 Å². The molecule has 1 fully saturated rings. The molecule has 2 aromatic carbocycles. The van der Waals surface area contributed by atoms with Gasteiger partial charge < -0.3 is 15.4 Å². The Morgan fingerprint density at radius 1 is 1.04 bits per heavy atom. The molecule has 2 aromatic rings. The summed E-state index contributed by atoms with van der Waals surface area (Å²) in [6.07, 6.45) is 5.87. The lowest BCUT2D eigenvalue weighted by Gasteiger charge is -2.24. The molecule has 1 saturated carbocycles. The van der Waals surface area contributed by atoms with Gasteiger partial charge in [-0.2, -0.15) is 0 Å². The number of anilines is 1. The highest BCUT2D eigenvalue weighted by Crippen LogP contribution is 2.30. The van der Waals surface area contributed by atoms with Crippen molar-refractivity contribution in [3.05, 3.63) is 48.5 Å². The fourth-order valence-electron chi connectivity index (χ4n) is 3.28. The highest BCUT2D eigenvalue weighted by molar-refractivity contribution is 7.91. The van der Waals surface area contributed by atoms with E-state index in [9.17, 15) is 8.42 Å². The van der Waals surface area contributed by atoms with E-state index >= 15 is 0 Å². The van der Waals surface area contributed by atoms with Crippen molar-refractivity contribution in [3.63, 3.8) is 0 Å². The van der Waals surface area contributed by atoms with Gasteiger partial charge in [0.1, 0.15) is 5.75 Å². The van der Waals surface area contributed by atoms with Crippen LogP contribution >= 0.6 is 12.2 Å². The Morgan fingerprint density at radius 3 is 2.41 bits per heavy atom. The summed E-state index contributed by atoms with van der Waals surface area (Å²) in [5, 5.41) is 6.91. The number of benzene rings is 2. The lowest BCUT2D eigenvalue weighted by atomic mass is 9.96. The first kappa shape index (κ1) is 19.6. The second kappa shape index (κ2) is 8.71. The summed E-state index contributed by atoms with van der Waals surface area (Å²) in [5.41, 5.74) is 0.530. The van der Waals surface area contributed by atoms with Crippen LogP contribution in [0.1, 0.15) is 32.1 Å². The molecule has 0 heterocycles. The average molecular weight is 405 g/mol. The quantitative estimate of drug-likeness (QED) is 0.730. The number of nitrogens with one attached hydrogen (secondary N) is 2. The molecule has 144 valence electrons. The van der Waals surface area contributed by atoms with E-state index in [1.165, 1.54) is 19.3 Å². The van der Waals surface area contributed by atoms with Crippen LogP contribution in [0.25, 0.3) is 0 Å². The molecule has 0 radical (unpaired) electrons. The molecule has 0 amide bonds. The largest absolute Gasteiger partial charge is 0.495 e. The van der Waals surface area contributed by atoms with Crippen molar-refractivity contribution in [2.75, 3.05) is 12.4 Å². The zero-order valence-corrected chi connectivity index (χ0v) is 16.9. The second-order valence-electron chi connectivity index (χ2n) is 6.61. The molecule has 0 atom stereocenters. The highest BCUT2D eigenvalue weighted by atomic mass is 32.2. The molecule has 0 saturated heterocycles. The van der Waals surface area contributed by atoms with Gasteiger partial charge in [-0.05, 0) is 55.4 Å². The average Bonchev–Trinajstić information content (AvgIpc) is 2.69. The van der Waals surface area contributed by atoms with Crippen LogP contribution in [0.15, 0.2) is 58.3 Å². The fraction of sp³-hybridized carbons (Fsp3) is 0.350. The van der Waals surface area contributed by atoms with Gasteiger partial charge in [-0.3, -0.25) is 0 Å². The van der Waals surface area contributed by atoms with Crippen molar-refractivity contribution in [2.24, 2.45) is 0 Å². The van der Waals surface area contributed by atoms with Crippen LogP contribution in [0.5, 0.6) is 5.75 Å². The lowest BCUT2D eigenvalue weighted by molar-refractivity contribution is 0.413. The first-order chi connectivity index (χ1) is 13.0. The highest BCUT2D eigenvalue weighted by Gasteiger charge is 2.20. The van der Waals surface area contributed by atoms with Crippen LogP contribution < -0.4 is 15.4 Å². The van der Waals surface area contributed by atoms with Gasteiger partial charge in [0.15, 0.2) is 5.11 Å². The van der Waals surface area contributed by atoms with E-state index in [1.807, 2.05) is 0 Å². The third-order valence-corrected chi connectivity index (χ3v) is 6.71. The standard InChI is InChI=1S/C20H24N2O3S2/c1-25-19-13-12-17(27(23,24)16-10-6-3-7-11-16)14-18(19)22-20(26)21-15-8-4-2-5-9-15/h3,6-7,10-15H,2,4-5,8-9H2,1H3,(H2,21,22,26). The maximum atomic E-state index is 12.9. The van der Waals surface area contributed by atoms with Crippen molar-refractivity contribution in [3.8, 4) is 5.75 Å². The summed E-state index contributed by atoms with van der Waals surface area (Å²) in [6.45, 7) is 0. The van der Waals surface area contributed by atoms with Crippen LogP contribution in [0.2, 0.25) is 0 Å². The molecule has 2 N–H and O–H groups in total. The van der Waals surface area contributed by atoms with Gasteiger partial charge in [0, 0.05) is 6.04 Å². The Hall–Kier alpha value is -2.12. The van der Waals surface area contributed by atoms with Crippen molar-refractivity contribution < 1.29 is 13.2 Å². The third kappa shape index (κ3) is 4.78. The first-order valence-corrected chi connectivity index (χ1v) is 11.0. The predicted octanol–water partition coefficient (Wildman–Crippen LogP) is 4.15. The normalized spacial score (nSPS) is 15.1. The smallest absolute Gasteiger partial charge is 0.206 e. The van der Waals surface area contributed by atoms with Crippen molar-refractivity contribution in [1.29, 1.82) is 0 Å². The van der Waals surface area contributed by atoms with E-state index in [4.69, 9.17) is 17.0 Å². The zero-order valence-electron chi connectivity index (χ0n) is 15.3. The number of ether oxygens (including phenoxy) is 1. The Kier molecular flexibility index (Phi) is 6.34. The van der Waals surface area contributed by atoms with Gasteiger partial charge in [0.2, 0.25) is 9.84 Å². The van der Waals surface area contributed by atoms with Crippen molar-refractivity contribution >= 4 is 32.9 Å². The summed E-state index contributed by atoms with van der Waals surface area (Å²) in [4.78, 5) is 0.446. The maximum Gasteiger partial charge on any atom is 0.206 e. The molecule has 0 bridgehead atoms. The number of hydrogen-bond acceptors (Lipinski definition) is 4. The van der Waals surface area contributed by atoms with Gasteiger partial charge >= 0.3 is 0 Å². The molecule has 0 aromatic heterocycles. The van der Waals surface area contributed by atoms with Gasteiger partial charge in [-0.25, -0.2) is 8.42 Å². The molecule has 1 aliphatic carbocycles. The Balaban J connectivity index is 1.82. The van der Waals surface area contributed by atoms with E-state index in [1.54, 1.807) is 55.6 Å². The summed E-state index contributed by atoms with van der Waals surface area (Å²) < 4.78 is 31.1. The fourth-order valence-corrected chi connectivity index (χ4v) is 4.86. The predicted molar refractivity (Wildman–Crippen MR) is 111 cm³/mol. The Labute approximate surface area is 166 Å². The summed E-state index contributed by atoms with van der Waals surface area (Å²) in [5.74, 6) is 0.537. The van der Waals surface area contributed by atoms with Gasteiger partial charge in [-0.1, -0.05) is 37.5 Å². The topological polar surface area (TPSA) is 67.4 Å². The molecular weight excluding hydrogens is 380 g/mol. The molecule has 0 aliphatic heterocycles. The van der Waals surface area contributed by atoms with E-state index in [2.05, 4.69) is 10.6 Å². The lowest BCUT2D eigenvalue weighted by Crippen LogP contribution is -2.38. The molecular formula is C20H24N2O3S2. The Bertz CT molecular complexity index is 893. The monoisotopic (exact) mass is 404 g/mol. The molecule has 7 heteroatoms. The molecule has 0 unspecified atom stereocenters. The van der Waals surface area contributed by atoms with E-state index in [0.29, 0.717) is 22.6 Å². The third-order valence-electron chi connectivity index (χ3n) is 4.72. The first-order valence-electron chi connectivity index (χ1n) is 9.06. The Morgan fingerprint density at radius 2 is 1.74 bits per heavy atom. The van der Waals surface area contributed by atoms with Gasteiger partial charge in [0.05, 0.1) is 22.6 Å². The number of thiocarbonyl (C=S) groups is 1. The number of sulfone groups is 1. The van der Waals surface area contributed by atoms with Gasteiger partial charge in [0.25, 0.3) is 0 Å². The van der Waals surface area contributed by atoms with E-state index in [-0.39, 0.29) is 9.79 Å². The minimum absolute atomic E-state index is 0.192. The van der Waals surface area contributed by atoms with Crippen LogP contribution in [0, 0.1) is 0 Å². The summed E-state index contributed by atoms with van der Waals surface area (Å²) >= 11 is 5.43. The molecule has 27 heavy (non-hydrogen) atoms. The van der Waals surface area contributed by atoms with E-state index < -0.39 is 9.84 Å². The summed E-state index contributed by atoms with van der Waals surface area (Å²) in [7, 11) is -2.06. The second-order valence-corrected chi connectivity index (χ2v) is 8.97. The number of methoxy groups -OCH3 is 1. The molecule has 3 rings (SSSR count). The van der Waals surface area contributed by atoms with Crippen LogP contribution in [0.3, 0.4) is 0 Å². The number of hydrogen-bond donors (Lipinski definition) is 2. The summed E-state index contributed by atoms with van der Waals surface area (Å²) in [6, 6.07) is 13.5. The van der Waals surface area contributed by atoms with E-state index in [0.717, 1.165) is 12.8 Å². The SMILES string of the molecule is COc1ccc(S(=O)(=O)c2ccccc2)cc1NC(=S)NC1CCCCC1. The minimum Gasteiger partial charge on any atom is -0.495 e. The minimum atomic E-state index is -3.61. The maximum absolute atomic E-state index is 12.9. The number of rotatable bonds is 5. The molecule has 0 spiro atoms. The molecule has 1 aliphatic rings. The molecule has 5 nitrogen and oxygen atoms in total. The van der Waals surface area contributed by atoms with Crippen LogP contribution in [-0.4, -0.2) is 26.7 Å². The van der Waals surface area contributed by atoms with Crippen molar-refractivity contribution in [2.45, 2.75) is 47.9 Å². The zero-order chi connectivity index (χ0) is 19.3. The van der Waals surface area contributed by atoms with Gasteiger partial charge in [-0.15, -0.1) is 0 Å². The van der Waals surface area contributed by atoms with Crippen LogP contribution in [-0.2, 0) is 9.84 Å². The van der Waals surface area contributed by atoms with Crippen LogP contribution in [0.4, 0.5) is 5.69 Å².